The van der Waals surface area contributed by atoms with Crippen molar-refractivity contribution in [3.8, 4) is 0 Å². The van der Waals surface area contributed by atoms with Gasteiger partial charge in [0.2, 0.25) is 0 Å². The molecule has 84 valence electrons. The van der Waals surface area contributed by atoms with E-state index in [0.717, 1.165) is 12.8 Å². The first-order valence-corrected chi connectivity index (χ1v) is 6.03. The third-order valence-corrected chi connectivity index (χ3v) is 3.13. The molecule has 0 saturated heterocycles. The molecule has 0 aliphatic heterocycles. The monoisotopic (exact) mass is 234 g/mol. The van der Waals surface area contributed by atoms with E-state index in [0.29, 0.717) is 11.8 Å². The van der Waals surface area contributed by atoms with Crippen LogP contribution in [0.4, 0.5) is 0 Å². The largest absolute Gasteiger partial charge is 0.472 e. The second-order valence-electron chi connectivity index (χ2n) is 4.05. The predicted molar refractivity (Wildman–Crippen MR) is 66.8 cm³/mol. The standard InChI is InChI=1S/C14H15ClO/c15-10-14(9-13-6-7-16-11-13)8-12-4-2-1-3-5-12/h1-7,11,14H,8-10H2. The van der Waals surface area contributed by atoms with E-state index in [9.17, 15) is 0 Å². The van der Waals surface area contributed by atoms with Crippen molar-refractivity contribution in [2.24, 2.45) is 5.92 Å². The van der Waals surface area contributed by atoms with Crippen molar-refractivity contribution >= 4 is 11.6 Å². The van der Waals surface area contributed by atoms with Crippen molar-refractivity contribution in [2.75, 3.05) is 5.88 Å². The fraction of sp³-hybridized carbons (Fsp3) is 0.286. The molecule has 0 radical (unpaired) electrons. The molecule has 1 heterocycles. The molecule has 0 amide bonds. The molecule has 0 aliphatic rings. The lowest BCUT2D eigenvalue weighted by molar-refractivity contribution is 0.548. The Morgan fingerprint density at radius 1 is 1.00 bits per heavy atom. The number of benzene rings is 1. The highest BCUT2D eigenvalue weighted by Crippen LogP contribution is 2.16. The second kappa shape index (κ2) is 5.76. The van der Waals surface area contributed by atoms with Crippen LogP contribution in [0.2, 0.25) is 0 Å². The molecule has 2 rings (SSSR count). The molecule has 1 unspecified atom stereocenters. The minimum Gasteiger partial charge on any atom is -0.472 e. The molecule has 0 N–H and O–H groups in total. The highest BCUT2D eigenvalue weighted by atomic mass is 35.5. The lowest BCUT2D eigenvalue weighted by Gasteiger charge is -2.12. The number of furan rings is 1. The lowest BCUT2D eigenvalue weighted by Crippen LogP contribution is -2.09. The van der Waals surface area contributed by atoms with Crippen LogP contribution < -0.4 is 0 Å². The molecule has 0 aliphatic carbocycles. The van der Waals surface area contributed by atoms with Gasteiger partial charge in [0.25, 0.3) is 0 Å². The minimum atomic E-state index is 0.474. The summed E-state index contributed by atoms with van der Waals surface area (Å²) in [6.07, 6.45) is 5.51. The van der Waals surface area contributed by atoms with Gasteiger partial charge in [-0.2, -0.15) is 0 Å². The van der Waals surface area contributed by atoms with E-state index >= 15 is 0 Å². The first-order valence-electron chi connectivity index (χ1n) is 5.49. The maximum atomic E-state index is 6.00. The van der Waals surface area contributed by atoms with Gasteiger partial charge >= 0.3 is 0 Å². The van der Waals surface area contributed by atoms with Crippen LogP contribution in [0.5, 0.6) is 0 Å². The summed E-state index contributed by atoms with van der Waals surface area (Å²) in [6, 6.07) is 12.5. The third kappa shape index (κ3) is 3.14. The molecule has 0 spiro atoms. The zero-order valence-electron chi connectivity index (χ0n) is 9.10. The van der Waals surface area contributed by atoms with Gasteiger partial charge in [-0.3, -0.25) is 0 Å². The molecule has 0 bridgehead atoms. The number of alkyl halides is 1. The Morgan fingerprint density at radius 3 is 2.38 bits per heavy atom. The van der Waals surface area contributed by atoms with E-state index in [4.69, 9.17) is 16.0 Å². The van der Waals surface area contributed by atoms with Crippen molar-refractivity contribution in [3.05, 3.63) is 60.1 Å². The summed E-state index contributed by atoms with van der Waals surface area (Å²) in [5, 5.41) is 0. The van der Waals surface area contributed by atoms with Crippen molar-refractivity contribution in [3.63, 3.8) is 0 Å². The van der Waals surface area contributed by atoms with Crippen LogP contribution in [0.25, 0.3) is 0 Å². The van der Waals surface area contributed by atoms with Gasteiger partial charge in [0.05, 0.1) is 12.5 Å². The molecule has 16 heavy (non-hydrogen) atoms. The summed E-state index contributed by atoms with van der Waals surface area (Å²) in [6.45, 7) is 0. The molecule has 1 aromatic heterocycles. The molecule has 0 fully saturated rings. The summed E-state index contributed by atoms with van der Waals surface area (Å²) in [7, 11) is 0. The van der Waals surface area contributed by atoms with E-state index in [1.165, 1.54) is 11.1 Å². The first-order chi connectivity index (χ1) is 7.88. The van der Waals surface area contributed by atoms with E-state index < -0.39 is 0 Å². The van der Waals surface area contributed by atoms with Crippen LogP contribution in [0, 0.1) is 5.92 Å². The Morgan fingerprint density at radius 2 is 1.75 bits per heavy atom. The maximum Gasteiger partial charge on any atom is 0.0934 e. The fourth-order valence-corrected chi connectivity index (χ4v) is 2.09. The molecule has 2 heteroatoms. The van der Waals surface area contributed by atoms with Crippen molar-refractivity contribution in [2.45, 2.75) is 12.8 Å². The zero-order valence-corrected chi connectivity index (χ0v) is 9.86. The maximum absolute atomic E-state index is 6.00. The minimum absolute atomic E-state index is 0.474. The topological polar surface area (TPSA) is 13.1 Å². The van der Waals surface area contributed by atoms with Crippen LogP contribution in [0.3, 0.4) is 0 Å². The van der Waals surface area contributed by atoms with Crippen molar-refractivity contribution in [1.82, 2.24) is 0 Å². The van der Waals surface area contributed by atoms with Crippen LogP contribution in [-0.2, 0) is 12.8 Å². The summed E-state index contributed by atoms with van der Waals surface area (Å²) in [4.78, 5) is 0. The quantitative estimate of drug-likeness (QED) is 0.715. The Kier molecular flexibility index (Phi) is 4.06. The Hall–Kier alpha value is -1.21. The van der Waals surface area contributed by atoms with E-state index in [2.05, 4.69) is 24.3 Å². The molecular formula is C14H15ClO. The Labute approximate surface area is 101 Å². The molecule has 1 atom stereocenters. The van der Waals surface area contributed by atoms with Crippen LogP contribution in [-0.4, -0.2) is 5.88 Å². The average molecular weight is 235 g/mol. The third-order valence-electron chi connectivity index (χ3n) is 2.69. The zero-order chi connectivity index (χ0) is 11.2. The van der Waals surface area contributed by atoms with Gasteiger partial charge < -0.3 is 4.42 Å². The summed E-state index contributed by atoms with van der Waals surface area (Å²) in [5.41, 5.74) is 2.57. The Bertz CT molecular complexity index is 394. The van der Waals surface area contributed by atoms with Gasteiger partial charge in [-0.05, 0) is 36.0 Å². The van der Waals surface area contributed by atoms with E-state index in [1.54, 1.807) is 12.5 Å². The molecule has 2 aromatic rings. The molecular weight excluding hydrogens is 220 g/mol. The highest BCUT2D eigenvalue weighted by molar-refractivity contribution is 6.18. The fourth-order valence-electron chi connectivity index (χ4n) is 1.87. The molecule has 1 aromatic carbocycles. The van der Waals surface area contributed by atoms with Crippen LogP contribution in [0.15, 0.2) is 53.3 Å². The van der Waals surface area contributed by atoms with Gasteiger partial charge in [0, 0.05) is 5.88 Å². The van der Waals surface area contributed by atoms with Crippen LogP contribution >= 0.6 is 11.6 Å². The van der Waals surface area contributed by atoms with Crippen molar-refractivity contribution in [1.29, 1.82) is 0 Å². The van der Waals surface area contributed by atoms with Gasteiger partial charge in [-0.15, -0.1) is 11.6 Å². The SMILES string of the molecule is ClCC(Cc1ccccc1)Cc1ccoc1. The summed E-state index contributed by atoms with van der Waals surface area (Å²) >= 11 is 6.00. The average Bonchev–Trinajstić information content (AvgIpc) is 2.82. The highest BCUT2D eigenvalue weighted by Gasteiger charge is 2.10. The van der Waals surface area contributed by atoms with Gasteiger partial charge in [0.15, 0.2) is 0 Å². The van der Waals surface area contributed by atoms with Gasteiger partial charge in [0.1, 0.15) is 0 Å². The number of hydrogen-bond acceptors (Lipinski definition) is 1. The number of hydrogen-bond donors (Lipinski definition) is 0. The predicted octanol–water partition coefficient (Wildman–Crippen LogP) is 3.92. The van der Waals surface area contributed by atoms with E-state index in [1.807, 2.05) is 12.1 Å². The smallest absolute Gasteiger partial charge is 0.0934 e. The molecule has 1 nitrogen and oxygen atoms in total. The number of halogens is 1. The van der Waals surface area contributed by atoms with E-state index in [-0.39, 0.29) is 0 Å². The summed E-state index contributed by atoms with van der Waals surface area (Å²) in [5.74, 6) is 1.15. The number of rotatable bonds is 5. The normalized spacial score (nSPS) is 12.6. The van der Waals surface area contributed by atoms with Crippen LogP contribution in [0.1, 0.15) is 11.1 Å². The summed E-state index contributed by atoms with van der Waals surface area (Å²) < 4.78 is 5.07. The first kappa shape index (κ1) is 11.3. The van der Waals surface area contributed by atoms with Gasteiger partial charge in [-0.25, -0.2) is 0 Å². The lowest BCUT2D eigenvalue weighted by atomic mass is 9.95. The van der Waals surface area contributed by atoms with Gasteiger partial charge in [-0.1, -0.05) is 30.3 Å². The second-order valence-corrected chi connectivity index (χ2v) is 4.35. The molecule has 0 saturated carbocycles. The Balaban J connectivity index is 1.96. The van der Waals surface area contributed by atoms with Crippen molar-refractivity contribution < 1.29 is 4.42 Å².